The first kappa shape index (κ1) is 20.8. The van der Waals surface area contributed by atoms with E-state index in [1.165, 1.54) is 0 Å². The molecule has 0 bridgehead atoms. The molecule has 0 fully saturated rings. The molecule has 0 aliphatic heterocycles. The average Bonchev–Trinajstić information content (AvgIpc) is 2.83. The van der Waals surface area contributed by atoms with Crippen LogP contribution in [0.15, 0.2) is 71.5 Å². The van der Waals surface area contributed by atoms with E-state index in [4.69, 9.17) is 30.8 Å². The summed E-state index contributed by atoms with van der Waals surface area (Å²) in [5.74, 6) is 2.84. The van der Waals surface area contributed by atoms with Gasteiger partial charge in [-0.2, -0.15) is 0 Å². The summed E-state index contributed by atoms with van der Waals surface area (Å²) < 4.78 is 17.9. The van der Waals surface area contributed by atoms with Gasteiger partial charge in [0.1, 0.15) is 35.2 Å². The van der Waals surface area contributed by atoms with E-state index in [1.54, 1.807) is 37.0 Å². The molecule has 0 amide bonds. The maximum atomic E-state index is 13.6. The van der Waals surface area contributed by atoms with Crippen molar-refractivity contribution in [2.24, 2.45) is 0 Å². The Morgan fingerprint density at radius 1 is 0.903 bits per heavy atom. The van der Waals surface area contributed by atoms with Gasteiger partial charge in [-0.15, -0.1) is 11.6 Å². The lowest BCUT2D eigenvalue weighted by Gasteiger charge is -2.16. The van der Waals surface area contributed by atoms with Crippen molar-refractivity contribution in [3.8, 4) is 34.3 Å². The topological polar surface area (TPSA) is 62.6 Å². The Morgan fingerprint density at radius 2 is 1.61 bits per heavy atom. The molecule has 0 saturated heterocycles. The molecule has 4 aromatic rings. The minimum Gasteiger partial charge on any atom is -0.497 e. The molecule has 6 nitrogen and oxygen atoms in total. The van der Waals surface area contributed by atoms with E-state index >= 15 is 0 Å². The van der Waals surface area contributed by atoms with Gasteiger partial charge in [-0.3, -0.25) is 9.36 Å². The molecule has 4 rings (SSSR count). The highest BCUT2D eigenvalue weighted by atomic mass is 35.5. The summed E-state index contributed by atoms with van der Waals surface area (Å²) in [7, 11) is 3.17. The van der Waals surface area contributed by atoms with Crippen LogP contribution in [0.5, 0.6) is 17.2 Å². The molecule has 0 N–H and O–H groups in total. The predicted octanol–water partition coefficient (Wildman–Crippen LogP) is 4.69. The van der Waals surface area contributed by atoms with Crippen molar-refractivity contribution in [3.63, 3.8) is 0 Å². The molecule has 0 atom stereocenters. The summed E-state index contributed by atoms with van der Waals surface area (Å²) in [6, 6.07) is 20.0. The van der Waals surface area contributed by atoms with E-state index in [9.17, 15) is 4.79 Å². The monoisotopic (exact) mass is 436 g/mol. The van der Waals surface area contributed by atoms with Gasteiger partial charge in [0, 0.05) is 5.56 Å². The zero-order chi connectivity index (χ0) is 21.8. The predicted molar refractivity (Wildman–Crippen MR) is 122 cm³/mol. The highest BCUT2D eigenvalue weighted by Gasteiger charge is 2.17. The van der Waals surface area contributed by atoms with Crippen LogP contribution in [0.4, 0.5) is 0 Å². The number of nitrogens with zero attached hydrogens (tertiary/aromatic N) is 2. The van der Waals surface area contributed by atoms with Crippen LogP contribution in [-0.2, 0) is 0 Å². The van der Waals surface area contributed by atoms with Crippen LogP contribution in [0.1, 0.15) is 0 Å². The third-order valence-corrected chi connectivity index (χ3v) is 5.03. The molecule has 0 unspecified atom stereocenters. The van der Waals surface area contributed by atoms with Crippen molar-refractivity contribution in [2.75, 3.05) is 26.7 Å². The SMILES string of the molecule is COc1ccc(-c2nc3c(OC)cccc3c(=O)n2-c2ccc(OCCCl)cc2)cc1. The lowest BCUT2D eigenvalue weighted by Crippen LogP contribution is -2.22. The van der Waals surface area contributed by atoms with E-state index in [0.29, 0.717) is 46.4 Å². The van der Waals surface area contributed by atoms with Crippen molar-refractivity contribution in [2.45, 2.75) is 0 Å². The normalized spacial score (nSPS) is 10.8. The van der Waals surface area contributed by atoms with Crippen LogP contribution in [-0.4, -0.2) is 36.3 Å². The van der Waals surface area contributed by atoms with Crippen molar-refractivity contribution in [1.29, 1.82) is 0 Å². The number of fused-ring (bicyclic) bond motifs is 1. The highest BCUT2D eigenvalue weighted by Crippen LogP contribution is 2.28. The van der Waals surface area contributed by atoms with E-state index in [2.05, 4.69) is 0 Å². The average molecular weight is 437 g/mol. The van der Waals surface area contributed by atoms with Gasteiger partial charge in [-0.1, -0.05) is 6.07 Å². The number of alkyl halides is 1. The van der Waals surface area contributed by atoms with Gasteiger partial charge in [0.15, 0.2) is 0 Å². The number of rotatable bonds is 7. The molecule has 0 radical (unpaired) electrons. The van der Waals surface area contributed by atoms with Crippen LogP contribution in [0.25, 0.3) is 28.0 Å². The fourth-order valence-corrected chi connectivity index (χ4v) is 3.45. The fourth-order valence-electron chi connectivity index (χ4n) is 3.37. The van der Waals surface area contributed by atoms with Crippen LogP contribution in [0.3, 0.4) is 0 Å². The molecule has 1 heterocycles. The molecule has 7 heteroatoms. The van der Waals surface area contributed by atoms with Crippen LogP contribution in [0.2, 0.25) is 0 Å². The van der Waals surface area contributed by atoms with Gasteiger partial charge in [-0.25, -0.2) is 4.98 Å². The second kappa shape index (κ2) is 9.10. The van der Waals surface area contributed by atoms with Gasteiger partial charge < -0.3 is 14.2 Å². The minimum atomic E-state index is -0.191. The van der Waals surface area contributed by atoms with Crippen molar-refractivity contribution >= 4 is 22.5 Å². The molecule has 0 aliphatic carbocycles. The van der Waals surface area contributed by atoms with E-state index < -0.39 is 0 Å². The number of methoxy groups -OCH3 is 2. The van der Waals surface area contributed by atoms with E-state index in [0.717, 1.165) is 11.3 Å². The Bertz CT molecular complexity index is 1250. The fraction of sp³-hybridized carbons (Fsp3) is 0.167. The molecule has 31 heavy (non-hydrogen) atoms. The molecule has 3 aromatic carbocycles. The first-order chi connectivity index (χ1) is 15.2. The van der Waals surface area contributed by atoms with Crippen molar-refractivity contribution in [3.05, 3.63) is 77.1 Å². The molecule has 1 aromatic heterocycles. The summed E-state index contributed by atoms with van der Waals surface area (Å²) >= 11 is 5.69. The number of hydrogen-bond acceptors (Lipinski definition) is 5. The Kier molecular flexibility index (Phi) is 6.09. The summed E-state index contributed by atoms with van der Waals surface area (Å²) in [6.07, 6.45) is 0. The number of para-hydroxylation sites is 1. The summed E-state index contributed by atoms with van der Waals surface area (Å²) in [5, 5.41) is 0.471. The zero-order valence-electron chi connectivity index (χ0n) is 17.2. The van der Waals surface area contributed by atoms with E-state index in [-0.39, 0.29) is 5.56 Å². The van der Waals surface area contributed by atoms with Crippen LogP contribution < -0.4 is 19.8 Å². The molecular weight excluding hydrogens is 416 g/mol. The molecular formula is C24H21ClN2O4. The standard InChI is InChI=1S/C24H21ClN2O4/c1-29-18-10-6-16(7-11-18)23-26-22-20(4-3-5-21(22)30-2)24(28)27(23)17-8-12-19(13-9-17)31-15-14-25/h3-13H,14-15H2,1-2H3. The Balaban J connectivity index is 1.95. The summed E-state index contributed by atoms with van der Waals surface area (Å²) in [4.78, 5) is 18.4. The lowest BCUT2D eigenvalue weighted by atomic mass is 10.1. The third kappa shape index (κ3) is 4.07. The molecule has 0 aliphatic rings. The van der Waals surface area contributed by atoms with Gasteiger partial charge >= 0.3 is 0 Å². The van der Waals surface area contributed by atoms with Crippen molar-refractivity contribution in [1.82, 2.24) is 9.55 Å². The van der Waals surface area contributed by atoms with Gasteiger partial charge in [0.2, 0.25) is 0 Å². The molecule has 0 spiro atoms. The summed E-state index contributed by atoms with van der Waals surface area (Å²) in [5.41, 5.74) is 1.77. The number of halogens is 1. The van der Waals surface area contributed by atoms with Gasteiger partial charge in [-0.05, 0) is 60.7 Å². The highest BCUT2D eigenvalue weighted by molar-refractivity contribution is 6.18. The first-order valence-electron chi connectivity index (χ1n) is 9.69. The van der Waals surface area contributed by atoms with E-state index in [1.807, 2.05) is 48.5 Å². The number of hydrogen-bond donors (Lipinski definition) is 0. The molecule has 158 valence electrons. The second-order valence-corrected chi connectivity index (χ2v) is 7.07. The lowest BCUT2D eigenvalue weighted by molar-refractivity contribution is 0.343. The smallest absolute Gasteiger partial charge is 0.266 e. The maximum absolute atomic E-state index is 13.6. The maximum Gasteiger partial charge on any atom is 0.266 e. The number of ether oxygens (including phenoxy) is 3. The Hall–Kier alpha value is -3.51. The first-order valence-corrected chi connectivity index (χ1v) is 10.2. The second-order valence-electron chi connectivity index (χ2n) is 6.69. The third-order valence-electron chi connectivity index (χ3n) is 4.87. The van der Waals surface area contributed by atoms with Crippen LogP contribution >= 0.6 is 11.6 Å². The Labute approximate surface area is 184 Å². The quantitative estimate of drug-likeness (QED) is 0.393. The number of benzene rings is 3. The van der Waals surface area contributed by atoms with Crippen molar-refractivity contribution < 1.29 is 14.2 Å². The van der Waals surface area contributed by atoms with Crippen LogP contribution in [0, 0.1) is 0 Å². The minimum absolute atomic E-state index is 0.191. The summed E-state index contributed by atoms with van der Waals surface area (Å²) in [6.45, 7) is 0.412. The Morgan fingerprint density at radius 3 is 2.26 bits per heavy atom. The van der Waals surface area contributed by atoms with Gasteiger partial charge in [0.25, 0.3) is 5.56 Å². The molecule has 0 saturated carbocycles. The number of aromatic nitrogens is 2. The largest absolute Gasteiger partial charge is 0.497 e. The van der Waals surface area contributed by atoms with Gasteiger partial charge in [0.05, 0.1) is 31.2 Å². The zero-order valence-corrected chi connectivity index (χ0v) is 17.9.